The highest BCUT2D eigenvalue weighted by molar-refractivity contribution is 7.26. The van der Waals surface area contributed by atoms with Crippen LogP contribution in [0.2, 0.25) is 0 Å². The summed E-state index contributed by atoms with van der Waals surface area (Å²) in [6, 6.07) is 69.1. The monoisotopic (exact) mass is 793 g/mol. The molecule has 10 aromatic carbocycles. The standard InChI is InChI=1S/C58H35NOS/c1-34-17-19-36(20-18-34)43-15-8-16-48-53-29-39(23-24-57(53)61-58(43)48)41-26-40(38-22-21-35-9-2-3-10-37(35)25-38)27-42(28-41)54-31-52-51-30-49-46-13-6-4-11-44(46)45-12-5-7-14-47(45)50(49)32-55(51)60-56(52)33-59-54/h2-33H,1H3. The van der Waals surface area contributed by atoms with E-state index in [0.717, 1.165) is 44.3 Å². The van der Waals surface area contributed by atoms with E-state index < -0.39 is 0 Å². The van der Waals surface area contributed by atoms with Crippen LogP contribution < -0.4 is 0 Å². The maximum Gasteiger partial charge on any atom is 0.153 e. The summed E-state index contributed by atoms with van der Waals surface area (Å²) in [6.45, 7) is 2.14. The predicted octanol–water partition coefficient (Wildman–Crippen LogP) is 16.9. The molecule has 3 heteroatoms. The number of thiophene rings is 1. The van der Waals surface area contributed by atoms with Gasteiger partial charge in [-0.05, 0) is 138 Å². The van der Waals surface area contributed by atoms with Crippen LogP contribution in [0, 0.1) is 6.92 Å². The van der Waals surface area contributed by atoms with E-state index in [-0.39, 0.29) is 0 Å². The van der Waals surface area contributed by atoms with Gasteiger partial charge >= 0.3 is 0 Å². The van der Waals surface area contributed by atoms with Crippen molar-refractivity contribution in [2.45, 2.75) is 6.92 Å². The molecule has 13 rings (SSSR count). The quantitative estimate of drug-likeness (QED) is 0.166. The molecule has 61 heavy (non-hydrogen) atoms. The second-order valence-corrected chi connectivity index (χ2v) is 17.4. The maximum atomic E-state index is 6.59. The Bertz CT molecular complexity index is 3950. The minimum atomic E-state index is 0.786. The Morgan fingerprint density at radius 1 is 0.377 bits per heavy atom. The molecule has 0 saturated carbocycles. The van der Waals surface area contributed by atoms with Crippen molar-refractivity contribution >= 4 is 96.5 Å². The molecule has 0 aliphatic carbocycles. The van der Waals surface area contributed by atoms with Crippen LogP contribution in [0.1, 0.15) is 5.56 Å². The molecule has 0 bridgehead atoms. The van der Waals surface area contributed by atoms with E-state index in [1.54, 1.807) is 0 Å². The van der Waals surface area contributed by atoms with Crippen molar-refractivity contribution in [1.29, 1.82) is 0 Å². The average molecular weight is 794 g/mol. The van der Waals surface area contributed by atoms with Crippen molar-refractivity contribution in [2.24, 2.45) is 0 Å². The highest BCUT2D eigenvalue weighted by Gasteiger charge is 2.17. The topological polar surface area (TPSA) is 26.0 Å². The highest BCUT2D eigenvalue weighted by atomic mass is 32.1. The minimum Gasteiger partial charge on any atom is -0.454 e. The molecule has 0 radical (unpaired) electrons. The van der Waals surface area contributed by atoms with Gasteiger partial charge in [0.05, 0.1) is 11.9 Å². The van der Waals surface area contributed by atoms with Gasteiger partial charge in [0.2, 0.25) is 0 Å². The van der Waals surface area contributed by atoms with Gasteiger partial charge in [-0.15, -0.1) is 11.3 Å². The summed E-state index contributed by atoms with van der Waals surface area (Å²) in [5.74, 6) is 0. The lowest BCUT2D eigenvalue weighted by Crippen LogP contribution is -1.89. The molecule has 0 aliphatic heterocycles. The number of pyridine rings is 1. The zero-order chi connectivity index (χ0) is 40.2. The van der Waals surface area contributed by atoms with Crippen molar-refractivity contribution < 1.29 is 4.42 Å². The molecule has 0 atom stereocenters. The van der Waals surface area contributed by atoms with E-state index in [9.17, 15) is 0 Å². The maximum absolute atomic E-state index is 6.59. The molecule has 284 valence electrons. The van der Waals surface area contributed by atoms with Gasteiger partial charge in [-0.2, -0.15) is 0 Å². The molecule has 0 N–H and O–H groups in total. The zero-order valence-corrected chi connectivity index (χ0v) is 34.1. The van der Waals surface area contributed by atoms with Crippen LogP contribution >= 0.6 is 11.3 Å². The van der Waals surface area contributed by atoms with Gasteiger partial charge in [-0.1, -0.05) is 139 Å². The van der Waals surface area contributed by atoms with E-state index in [2.05, 4.69) is 195 Å². The molecule has 0 amide bonds. The number of nitrogens with zero attached hydrogens (tertiary/aromatic N) is 1. The molecular formula is C58H35NOS. The molecule has 0 aliphatic rings. The van der Waals surface area contributed by atoms with Gasteiger partial charge in [0.15, 0.2) is 5.58 Å². The van der Waals surface area contributed by atoms with Gasteiger partial charge in [0, 0.05) is 36.5 Å². The van der Waals surface area contributed by atoms with Gasteiger partial charge in [-0.3, -0.25) is 4.98 Å². The van der Waals surface area contributed by atoms with E-state index in [0.29, 0.717) is 0 Å². The number of fused-ring (bicyclic) bond motifs is 13. The normalized spacial score (nSPS) is 12.0. The molecule has 13 aromatic rings. The summed E-state index contributed by atoms with van der Waals surface area (Å²) in [4.78, 5) is 5.10. The zero-order valence-electron chi connectivity index (χ0n) is 33.2. The lowest BCUT2D eigenvalue weighted by atomic mass is 9.92. The number of hydrogen-bond acceptors (Lipinski definition) is 3. The van der Waals surface area contributed by atoms with Crippen molar-refractivity contribution in [3.05, 3.63) is 200 Å². The molecule has 3 heterocycles. The first-order valence-electron chi connectivity index (χ1n) is 20.8. The molecule has 3 aromatic heterocycles. The first-order valence-corrected chi connectivity index (χ1v) is 21.6. The minimum absolute atomic E-state index is 0.786. The van der Waals surface area contributed by atoms with Crippen LogP contribution in [0.15, 0.2) is 199 Å². The SMILES string of the molecule is Cc1ccc(-c2cccc3c2sc2ccc(-c4cc(-c5ccc6ccccc6c5)cc(-c5cc6c(cn5)oc5cc7c8ccccc8c8ccccc8c7cc56)c4)cc23)cc1. The number of rotatable bonds is 4. The van der Waals surface area contributed by atoms with E-state index in [1.165, 1.54) is 91.1 Å². The Balaban J connectivity index is 1.01. The number of aromatic nitrogens is 1. The summed E-state index contributed by atoms with van der Waals surface area (Å²) in [6.07, 6.45) is 1.91. The van der Waals surface area contributed by atoms with Gasteiger partial charge in [0.1, 0.15) is 5.58 Å². The second kappa shape index (κ2) is 13.2. The molecule has 2 nitrogen and oxygen atoms in total. The first-order chi connectivity index (χ1) is 30.1. The van der Waals surface area contributed by atoms with Crippen molar-refractivity contribution in [3.8, 4) is 44.6 Å². The summed E-state index contributed by atoms with van der Waals surface area (Å²) < 4.78 is 9.20. The smallest absolute Gasteiger partial charge is 0.153 e. The van der Waals surface area contributed by atoms with Gasteiger partial charge in [-0.25, -0.2) is 0 Å². The molecule has 0 unspecified atom stereocenters. The Morgan fingerprint density at radius 2 is 0.984 bits per heavy atom. The largest absolute Gasteiger partial charge is 0.454 e. The number of furan rings is 1. The van der Waals surface area contributed by atoms with E-state index >= 15 is 0 Å². The van der Waals surface area contributed by atoms with Crippen LogP contribution in [-0.2, 0) is 0 Å². The molecule has 0 saturated heterocycles. The fourth-order valence-electron chi connectivity index (χ4n) is 9.65. The fourth-order valence-corrected chi connectivity index (χ4v) is 10.9. The lowest BCUT2D eigenvalue weighted by molar-refractivity contribution is 0.667. The first kappa shape index (κ1) is 34.3. The average Bonchev–Trinajstić information content (AvgIpc) is 3.88. The Morgan fingerprint density at radius 3 is 1.75 bits per heavy atom. The number of hydrogen-bond donors (Lipinski definition) is 0. The van der Waals surface area contributed by atoms with E-state index in [1.807, 2.05) is 17.5 Å². The van der Waals surface area contributed by atoms with E-state index in [4.69, 9.17) is 9.40 Å². The second-order valence-electron chi connectivity index (χ2n) is 16.4. The molecular weight excluding hydrogens is 759 g/mol. The summed E-state index contributed by atoms with van der Waals surface area (Å²) >= 11 is 1.88. The highest BCUT2D eigenvalue weighted by Crippen LogP contribution is 2.44. The van der Waals surface area contributed by atoms with Gasteiger partial charge in [0.25, 0.3) is 0 Å². The summed E-state index contributed by atoms with van der Waals surface area (Å²) in [7, 11) is 0. The Labute approximate surface area is 355 Å². The third-order valence-corrected chi connectivity index (χ3v) is 13.9. The fraction of sp³-hybridized carbons (Fsp3) is 0.0172. The summed E-state index contributed by atoms with van der Waals surface area (Å²) in [5.41, 5.74) is 12.1. The Hall–Kier alpha value is -7.59. The van der Waals surface area contributed by atoms with Crippen LogP contribution in [0.4, 0.5) is 0 Å². The number of aryl methyl sites for hydroxylation is 1. The predicted molar refractivity (Wildman–Crippen MR) is 261 cm³/mol. The van der Waals surface area contributed by atoms with Crippen LogP contribution in [0.25, 0.3) is 130 Å². The van der Waals surface area contributed by atoms with Gasteiger partial charge < -0.3 is 4.42 Å². The molecule has 0 spiro atoms. The third-order valence-electron chi connectivity index (χ3n) is 12.7. The third kappa shape index (κ3) is 5.44. The van der Waals surface area contributed by atoms with Crippen LogP contribution in [0.5, 0.6) is 0 Å². The van der Waals surface area contributed by atoms with Crippen LogP contribution in [-0.4, -0.2) is 4.98 Å². The lowest BCUT2D eigenvalue weighted by Gasteiger charge is -2.12. The van der Waals surface area contributed by atoms with Crippen molar-refractivity contribution in [3.63, 3.8) is 0 Å². The van der Waals surface area contributed by atoms with Crippen LogP contribution in [0.3, 0.4) is 0 Å². The number of benzene rings is 10. The Kier molecular flexibility index (Phi) is 7.42. The summed E-state index contributed by atoms with van der Waals surface area (Å²) in [5, 5.41) is 14.6. The van der Waals surface area contributed by atoms with Crippen molar-refractivity contribution in [2.75, 3.05) is 0 Å². The van der Waals surface area contributed by atoms with Crippen molar-refractivity contribution in [1.82, 2.24) is 4.98 Å². The molecule has 0 fully saturated rings.